The van der Waals surface area contributed by atoms with Crippen LogP contribution in [0.3, 0.4) is 0 Å². The number of hydrogen-bond acceptors (Lipinski definition) is 4. The molecule has 0 saturated carbocycles. The van der Waals surface area contributed by atoms with Crippen LogP contribution in [0, 0.1) is 0 Å². The van der Waals surface area contributed by atoms with Crippen LogP contribution in [-0.2, 0) is 11.3 Å². The fraction of sp³-hybridized carbons (Fsp3) is 0.278. The summed E-state index contributed by atoms with van der Waals surface area (Å²) in [6.07, 6.45) is 0. The molecule has 0 bridgehead atoms. The van der Waals surface area contributed by atoms with Crippen LogP contribution < -0.4 is 14.8 Å². The van der Waals surface area contributed by atoms with E-state index in [2.05, 4.69) is 5.32 Å². The lowest BCUT2D eigenvalue weighted by Crippen LogP contribution is -2.39. The zero-order valence-electron chi connectivity index (χ0n) is 13.6. The van der Waals surface area contributed by atoms with Gasteiger partial charge in [0.1, 0.15) is 0 Å². The molecule has 126 valence electrons. The third-order valence-corrected chi connectivity index (χ3v) is 4.28. The van der Waals surface area contributed by atoms with Gasteiger partial charge in [-0.15, -0.1) is 0 Å². The first-order chi connectivity index (χ1) is 11.5. The van der Waals surface area contributed by atoms with Crippen LogP contribution in [0.2, 0.25) is 5.02 Å². The van der Waals surface area contributed by atoms with Gasteiger partial charge >= 0.3 is 0 Å². The molecule has 0 unspecified atom stereocenters. The van der Waals surface area contributed by atoms with Gasteiger partial charge in [-0.3, -0.25) is 9.69 Å². The number of ether oxygens (including phenoxy) is 2. The number of rotatable bonds is 5. The van der Waals surface area contributed by atoms with Gasteiger partial charge in [0, 0.05) is 23.3 Å². The normalized spacial score (nSPS) is 13.8. The number of fused-ring (bicyclic) bond motifs is 1. The first kappa shape index (κ1) is 16.6. The molecule has 1 aliphatic heterocycles. The Balaban J connectivity index is 1.60. The van der Waals surface area contributed by atoms with Gasteiger partial charge in [0.05, 0.1) is 6.04 Å². The third kappa shape index (κ3) is 3.80. The van der Waals surface area contributed by atoms with Crippen molar-refractivity contribution >= 4 is 23.2 Å². The largest absolute Gasteiger partial charge is 0.454 e. The first-order valence-electron chi connectivity index (χ1n) is 7.68. The Hall–Kier alpha value is -2.24. The average molecular weight is 347 g/mol. The van der Waals surface area contributed by atoms with Crippen molar-refractivity contribution in [2.24, 2.45) is 0 Å². The highest BCUT2D eigenvalue weighted by atomic mass is 35.5. The SMILES string of the molecule is C[C@H](C(=O)Nc1ccc2c(c1)OCO2)N(C)Cc1ccc(Cl)cc1. The number of hydrogen-bond donors (Lipinski definition) is 1. The van der Waals surface area contributed by atoms with Crippen molar-refractivity contribution in [3.63, 3.8) is 0 Å². The highest BCUT2D eigenvalue weighted by Gasteiger charge is 2.20. The van der Waals surface area contributed by atoms with E-state index in [0.717, 1.165) is 5.56 Å². The van der Waals surface area contributed by atoms with E-state index < -0.39 is 0 Å². The van der Waals surface area contributed by atoms with Crippen LogP contribution in [0.15, 0.2) is 42.5 Å². The molecule has 0 saturated heterocycles. The minimum Gasteiger partial charge on any atom is -0.454 e. The molecule has 24 heavy (non-hydrogen) atoms. The molecule has 2 aromatic rings. The van der Waals surface area contributed by atoms with E-state index in [0.29, 0.717) is 28.8 Å². The second kappa shape index (κ2) is 7.11. The summed E-state index contributed by atoms with van der Waals surface area (Å²) in [5.74, 6) is 1.27. The summed E-state index contributed by atoms with van der Waals surface area (Å²) in [6, 6.07) is 12.7. The van der Waals surface area contributed by atoms with Gasteiger partial charge in [-0.25, -0.2) is 0 Å². The lowest BCUT2D eigenvalue weighted by molar-refractivity contribution is -0.120. The van der Waals surface area contributed by atoms with Gasteiger partial charge in [-0.05, 0) is 43.8 Å². The Bertz CT molecular complexity index is 734. The maximum Gasteiger partial charge on any atom is 0.241 e. The number of anilines is 1. The Morgan fingerprint density at radius 2 is 1.92 bits per heavy atom. The molecule has 0 fully saturated rings. The van der Waals surface area contributed by atoms with Crippen molar-refractivity contribution in [1.82, 2.24) is 4.90 Å². The van der Waals surface area contributed by atoms with E-state index in [1.165, 1.54) is 0 Å². The van der Waals surface area contributed by atoms with Crippen molar-refractivity contribution in [2.75, 3.05) is 19.2 Å². The maximum atomic E-state index is 12.5. The Morgan fingerprint density at radius 3 is 2.67 bits per heavy atom. The predicted octanol–water partition coefficient (Wildman–Crippen LogP) is 3.53. The van der Waals surface area contributed by atoms with Gasteiger partial charge in [0.25, 0.3) is 0 Å². The molecule has 1 amide bonds. The quantitative estimate of drug-likeness (QED) is 0.899. The molecule has 1 heterocycles. The van der Waals surface area contributed by atoms with Crippen LogP contribution in [0.5, 0.6) is 11.5 Å². The number of nitrogens with zero attached hydrogens (tertiary/aromatic N) is 1. The second-order valence-electron chi connectivity index (χ2n) is 5.77. The highest BCUT2D eigenvalue weighted by molar-refractivity contribution is 6.30. The van der Waals surface area contributed by atoms with Crippen molar-refractivity contribution in [1.29, 1.82) is 0 Å². The number of benzene rings is 2. The molecule has 5 nitrogen and oxygen atoms in total. The van der Waals surface area contributed by atoms with Crippen molar-refractivity contribution < 1.29 is 14.3 Å². The summed E-state index contributed by atoms with van der Waals surface area (Å²) in [4.78, 5) is 14.4. The fourth-order valence-electron chi connectivity index (χ4n) is 2.44. The molecule has 6 heteroatoms. The van der Waals surface area contributed by atoms with Crippen LogP contribution in [0.1, 0.15) is 12.5 Å². The lowest BCUT2D eigenvalue weighted by Gasteiger charge is -2.24. The van der Waals surface area contributed by atoms with E-state index in [1.54, 1.807) is 18.2 Å². The number of likely N-dealkylation sites (N-methyl/N-ethyl adjacent to an activating group) is 1. The molecular formula is C18H19ClN2O3. The fourth-order valence-corrected chi connectivity index (χ4v) is 2.56. The molecule has 1 N–H and O–H groups in total. The van der Waals surface area contributed by atoms with Gasteiger partial charge in [-0.1, -0.05) is 23.7 Å². The van der Waals surface area contributed by atoms with Crippen molar-refractivity contribution in [3.05, 3.63) is 53.1 Å². The van der Waals surface area contributed by atoms with E-state index in [9.17, 15) is 4.79 Å². The number of nitrogens with one attached hydrogen (secondary N) is 1. The topological polar surface area (TPSA) is 50.8 Å². The smallest absolute Gasteiger partial charge is 0.241 e. The summed E-state index contributed by atoms with van der Waals surface area (Å²) in [5.41, 5.74) is 1.79. The molecule has 0 aromatic heterocycles. The zero-order valence-corrected chi connectivity index (χ0v) is 14.3. The summed E-state index contributed by atoms with van der Waals surface area (Å²) < 4.78 is 10.6. The monoisotopic (exact) mass is 346 g/mol. The molecule has 3 rings (SSSR count). The van der Waals surface area contributed by atoms with Gasteiger partial charge in [0.15, 0.2) is 11.5 Å². The van der Waals surface area contributed by atoms with E-state index in [-0.39, 0.29) is 18.7 Å². The van der Waals surface area contributed by atoms with Crippen LogP contribution in [0.4, 0.5) is 5.69 Å². The Morgan fingerprint density at radius 1 is 1.21 bits per heavy atom. The highest BCUT2D eigenvalue weighted by Crippen LogP contribution is 2.34. The van der Waals surface area contributed by atoms with Gasteiger partial charge < -0.3 is 14.8 Å². The maximum absolute atomic E-state index is 12.5. The number of amides is 1. The summed E-state index contributed by atoms with van der Waals surface area (Å²) in [5, 5.41) is 3.61. The summed E-state index contributed by atoms with van der Waals surface area (Å²) >= 11 is 5.89. The molecule has 1 atom stereocenters. The minimum atomic E-state index is -0.286. The van der Waals surface area contributed by atoms with E-state index >= 15 is 0 Å². The third-order valence-electron chi connectivity index (χ3n) is 4.03. The van der Waals surface area contributed by atoms with Gasteiger partial charge in [-0.2, -0.15) is 0 Å². The zero-order chi connectivity index (χ0) is 17.1. The van der Waals surface area contributed by atoms with E-state index in [4.69, 9.17) is 21.1 Å². The van der Waals surface area contributed by atoms with Gasteiger partial charge in [0.2, 0.25) is 12.7 Å². The predicted molar refractivity (Wildman–Crippen MR) is 93.6 cm³/mol. The Kier molecular flexibility index (Phi) is 4.92. The molecular weight excluding hydrogens is 328 g/mol. The second-order valence-corrected chi connectivity index (χ2v) is 6.21. The molecule has 0 radical (unpaired) electrons. The van der Waals surface area contributed by atoms with Crippen LogP contribution in [0.25, 0.3) is 0 Å². The number of carbonyl (C=O) groups excluding carboxylic acids is 1. The number of carbonyl (C=O) groups is 1. The van der Waals surface area contributed by atoms with Crippen LogP contribution >= 0.6 is 11.6 Å². The lowest BCUT2D eigenvalue weighted by atomic mass is 10.2. The molecule has 2 aromatic carbocycles. The van der Waals surface area contributed by atoms with E-state index in [1.807, 2.05) is 43.1 Å². The van der Waals surface area contributed by atoms with Crippen molar-refractivity contribution in [2.45, 2.75) is 19.5 Å². The molecule has 1 aliphatic rings. The summed E-state index contributed by atoms with van der Waals surface area (Å²) in [7, 11) is 1.92. The molecule has 0 spiro atoms. The Labute approximate surface area is 146 Å². The standard InChI is InChI=1S/C18H19ClN2O3/c1-12(21(2)10-13-3-5-14(19)6-4-13)18(22)20-15-7-8-16-17(9-15)24-11-23-16/h3-9,12H,10-11H2,1-2H3,(H,20,22)/t12-/m1/s1. The summed E-state index contributed by atoms with van der Waals surface area (Å²) in [6.45, 7) is 2.75. The van der Waals surface area contributed by atoms with Crippen molar-refractivity contribution in [3.8, 4) is 11.5 Å². The first-order valence-corrected chi connectivity index (χ1v) is 8.06. The average Bonchev–Trinajstić information content (AvgIpc) is 3.03. The van der Waals surface area contributed by atoms with Crippen LogP contribution in [-0.4, -0.2) is 30.7 Å². The molecule has 0 aliphatic carbocycles. The minimum absolute atomic E-state index is 0.0784. The number of halogens is 1.